The normalized spacial score (nSPS) is 24.9. The van der Waals surface area contributed by atoms with Crippen LogP contribution in [0.25, 0.3) is 0 Å². The summed E-state index contributed by atoms with van der Waals surface area (Å²) < 4.78 is 4.85. The van der Waals surface area contributed by atoms with Gasteiger partial charge in [0.25, 0.3) is 0 Å². The predicted octanol–water partition coefficient (Wildman–Crippen LogP) is 0.871. The molecule has 15 heavy (non-hydrogen) atoms. The Morgan fingerprint density at radius 3 is 3.20 bits per heavy atom. The third kappa shape index (κ3) is 1.89. The SMILES string of the molecule is CCOC(=O)C1=CN2CCC[C@H]2CC1=O. The van der Waals surface area contributed by atoms with E-state index in [2.05, 4.69) is 4.90 Å². The Morgan fingerprint density at radius 2 is 2.47 bits per heavy atom. The summed E-state index contributed by atoms with van der Waals surface area (Å²) in [5.41, 5.74) is 0.218. The molecule has 0 N–H and O–H groups in total. The van der Waals surface area contributed by atoms with E-state index in [0.29, 0.717) is 19.1 Å². The molecule has 82 valence electrons. The number of esters is 1. The Morgan fingerprint density at radius 1 is 1.67 bits per heavy atom. The molecular formula is C11H15NO3. The fourth-order valence-electron chi connectivity index (χ4n) is 2.18. The molecule has 1 saturated heterocycles. The maximum absolute atomic E-state index is 11.7. The van der Waals surface area contributed by atoms with Crippen LogP contribution in [0.3, 0.4) is 0 Å². The first-order chi connectivity index (χ1) is 7.22. The van der Waals surface area contributed by atoms with Gasteiger partial charge in [0, 0.05) is 25.2 Å². The predicted molar refractivity (Wildman–Crippen MR) is 54.1 cm³/mol. The van der Waals surface area contributed by atoms with Gasteiger partial charge in [0.2, 0.25) is 0 Å². The van der Waals surface area contributed by atoms with Gasteiger partial charge in [0.15, 0.2) is 5.78 Å². The van der Waals surface area contributed by atoms with Gasteiger partial charge in [0.1, 0.15) is 5.57 Å². The summed E-state index contributed by atoms with van der Waals surface area (Å²) in [4.78, 5) is 25.2. The molecule has 0 aromatic heterocycles. The molecule has 0 aromatic carbocycles. The van der Waals surface area contributed by atoms with Gasteiger partial charge < -0.3 is 9.64 Å². The van der Waals surface area contributed by atoms with Crippen LogP contribution in [0.1, 0.15) is 26.2 Å². The molecule has 4 heteroatoms. The first-order valence-electron chi connectivity index (χ1n) is 5.40. The number of hydrogen-bond acceptors (Lipinski definition) is 4. The van der Waals surface area contributed by atoms with E-state index in [1.165, 1.54) is 0 Å². The minimum absolute atomic E-state index is 0.0726. The monoisotopic (exact) mass is 209 g/mol. The molecule has 2 heterocycles. The Balaban J connectivity index is 2.16. The molecule has 1 fully saturated rings. The summed E-state index contributed by atoms with van der Waals surface area (Å²) in [5, 5.41) is 0. The van der Waals surface area contributed by atoms with E-state index in [1.54, 1.807) is 13.1 Å². The number of ether oxygens (including phenoxy) is 1. The van der Waals surface area contributed by atoms with Crippen molar-refractivity contribution < 1.29 is 14.3 Å². The van der Waals surface area contributed by atoms with Gasteiger partial charge in [-0.15, -0.1) is 0 Å². The van der Waals surface area contributed by atoms with E-state index in [-0.39, 0.29) is 11.4 Å². The van der Waals surface area contributed by atoms with Gasteiger partial charge in [-0.3, -0.25) is 4.79 Å². The van der Waals surface area contributed by atoms with E-state index in [9.17, 15) is 9.59 Å². The Hall–Kier alpha value is -1.32. The average molecular weight is 209 g/mol. The molecule has 0 aliphatic carbocycles. The summed E-state index contributed by atoms with van der Waals surface area (Å²) in [6.07, 6.45) is 4.30. The van der Waals surface area contributed by atoms with Gasteiger partial charge in [-0.05, 0) is 19.8 Å². The van der Waals surface area contributed by atoms with Crippen molar-refractivity contribution in [2.24, 2.45) is 0 Å². The van der Waals surface area contributed by atoms with E-state index in [1.807, 2.05) is 0 Å². The first-order valence-corrected chi connectivity index (χ1v) is 5.40. The second kappa shape index (κ2) is 4.04. The minimum Gasteiger partial charge on any atom is -0.462 e. The highest BCUT2D eigenvalue weighted by atomic mass is 16.5. The molecule has 2 aliphatic heterocycles. The molecule has 0 radical (unpaired) electrons. The van der Waals surface area contributed by atoms with Gasteiger partial charge in [-0.1, -0.05) is 0 Å². The number of fused-ring (bicyclic) bond motifs is 1. The molecule has 1 atom stereocenters. The van der Waals surface area contributed by atoms with Crippen molar-refractivity contribution in [2.75, 3.05) is 13.2 Å². The van der Waals surface area contributed by atoms with Crippen LogP contribution in [-0.2, 0) is 14.3 Å². The molecule has 2 rings (SSSR count). The van der Waals surface area contributed by atoms with Crippen molar-refractivity contribution in [3.8, 4) is 0 Å². The molecule has 0 bridgehead atoms. The van der Waals surface area contributed by atoms with Crippen LogP contribution in [0.5, 0.6) is 0 Å². The summed E-state index contributed by atoms with van der Waals surface area (Å²) in [6, 6.07) is 0.315. The van der Waals surface area contributed by atoms with E-state index >= 15 is 0 Å². The number of ketones is 1. The maximum atomic E-state index is 11.7. The lowest BCUT2D eigenvalue weighted by molar-refractivity contribution is -0.140. The summed E-state index contributed by atoms with van der Waals surface area (Å²) >= 11 is 0. The van der Waals surface area contributed by atoms with Gasteiger partial charge in [-0.2, -0.15) is 0 Å². The summed E-state index contributed by atoms with van der Waals surface area (Å²) in [5.74, 6) is -0.551. The van der Waals surface area contributed by atoms with Gasteiger partial charge in [0.05, 0.1) is 6.61 Å². The molecule has 0 spiro atoms. The van der Waals surface area contributed by atoms with E-state index in [4.69, 9.17) is 4.74 Å². The summed E-state index contributed by atoms with van der Waals surface area (Å²) in [6.45, 7) is 3.00. The van der Waals surface area contributed by atoms with Gasteiger partial charge in [-0.25, -0.2) is 4.79 Å². The molecule has 4 nitrogen and oxygen atoms in total. The standard InChI is InChI=1S/C11H15NO3/c1-2-15-11(14)9-7-12-5-3-4-8(12)6-10(9)13/h7-8H,2-6H2,1H3/t8-/m0/s1. The lowest BCUT2D eigenvalue weighted by Gasteiger charge is -2.27. The molecule has 2 aliphatic rings. The molecular weight excluding hydrogens is 194 g/mol. The second-order valence-electron chi connectivity index (χ2n) is 3.92. The van der Waals surface area contributed by atoms with Crippen LogP contribution in [0.15, 0.2) is 11.8 Å². The quantitative estimate of drug-likeness (QED) is 0.500. The fraction of sp³-hybridized carbons (Fsp3) is 0.636. The van der Waals surface area contributed by atoms with Crippen molar-refractivity contribution in [1.29, 1.82) is 0 Å². The highest BCUT2D eigenvalue weighted by molar-refractivity contribution is 6.17. The molecule has 0 unspecified atom stereocenters. The van der Waals surface area contributed by atoms with Crippen LogP contribution in [0.4, 0.5) is 0 Å². The van der Waals surface area contributed by atoms with Crippen molar-refractivity contribution in [3.63, 3.8) is 0 Å². The Kier molecular flexibility index (Phi) is 2.75. The zero-order valence-electron chi connectivity index (χ0n) is 8.86. The largest absolute Gasteiger partial charge is 0.462 e. The zero-order chi connectivity index (χ0) is 10.8. The highest BCUT2D eigenvalue weighted by Crippen LogP contribution is 2.27. The van der Waals surface area contributed by atoms with Crippen LogP contribution in [0.2, 0.25) is 0 Å². The number of nitrogens with zero attached hydrogens (tertiary/aromatic N) is 1. The number of rotatable bonds is 2. The average Bonchev–Trinajstić information content (AvgIpc) is 2.63. The van der Waals surface area contributed by atoms with Gasteiger partial charge >= 0.3 is 5.97 Å². The van der Waals surface area contributed by atoms with Crippen LogP contribution >= 0.6 is 0 Å². The van der Waals surface area contributed by atoms with Crippen LogP contribution in [0, 0.1) is 0 Å². The zero-order valence-corrected chi connectivity index (χ0v) is 8.86. The van der Waals surface area contributed by atoms with Crippen molar-refractivity contribution >= 4 is 11.8 Å². The minimum atomic E-state index is -0.479. The van der Waals surface area contributed by atoms with Crippen LogP contribution in [-0.4, -0.2) is 35.8 Å². The van der Waals surface area contributed by atoms with E-state index < -0.39 is 5.97 Å². The van der Waals surface area contributed by atoms with Crippen molar-refractivity contribution in [3.05, 3.63) is 11.8 Å². The topological polar surface area (TPSA) is 46.6 Å². The highest BCUT2D eigenvalue weighted by Gasteiger charge is 2.33. The van der Waals surface area contributed by atoms with E-state index in [0.717, 1.165) is 19.4 Å². The fourth-order valence-corrected chi connectivity index (χ4v) is 2.18. The Bertz CT molecular complexity index is 322. The second-order valence-corrected chi connectivity index (χ2v) is 3.92. The molecule has 0 aromatic rings. The smallest absolute Gasteiger partial charge is 0.343 e. The number of hydrogen-bond donors (Lipinski definition) is 0. The van der Waals surface area contributed by atoms with Crippen molar-refractivity contribution in [2.45, 2.75) is 32.2 Å². The Labute approximate surface area is 88.9 Å². The number of carbonyl (C=O) groups is 2. The molecule has 0 amide bonds. The first kappa shape index (κ1) is 10.2. The van der Waals surface area contributed by atoms with Crippen molar-refractivity contribution in [1.82, 2.24) is 4.90 Å². The van der Waals surface area contributed by atoms with Crippen LogP contribution < -0.4 is 0 Å². The third-order valence-corrected chi connectivity index (χ3v) is 2.93. The number of carbonyl (C=O) groups excluding carboxylic acids is 2. The lowest BCUT2D eigenvalue weighted by Crippen LogP contribution is -2.35. The maximum Gasteiger partial charge on any atom is 0.343 e. The lowest BCUT2D eigenvalue weighted by atomic mass is 9.99. The summed E-state index contributed by atoms with van der Waals surface area (Å²) in [7, 11) is 0. The third-order valence-electron chi connectivity index (χ3n) is 2.93. The number of Topliss-reactive ketones (excluding diaryl/α,β-unsaturated/α-hetero) is 1. The molecule has 0 saturated carbocycles.